The molecule has 0 saturated heterocycles. The van der Waals surface area contributed by atoms with Gasteiger partial charge < -0.3 is 5.32 Å². The lowest BCUT2D eigenvalue weighted by Gasteiger charge is -2.43. The van der Waals surface area contributed by atoms with Gasteiger partial charge in [0, 0.05) is 11.6 Å². The second kappa shape index (κ2) is 5.76. The summed E-state index contributed by atoms with van der Waals surface area (Å²) >= 11 is 0. The third kappa shape index (κ3) is 4.77. The second-order valence-electron chi connectivity index (χ2n) is 9.08. The first-order valence-electron chi connectivity index (χ1n) is 8.53. The summed E-state index contributed by atoms with van der Waals surface area (Å²) in [5.41, 5.74) is 0.697. The highest BCUT2D eigenvalue weighted by Crippen LogP contribution is 2.41. The minimum atomic E-state index is 0.282. The molecule has 0 radical (unpaired) electrons. The number of hydrogen-bond acceptors (Lipinski definition) is 1. The summed E-state index contributed by atoms with van der Waals surface area (Å²) < 4.78 is 0. The summed E-state index contributed by atoms with van der Waals surface area (Å²) in [7, 11) is 0. The lowest BCUT2D eigenvalue weighted by Crippen LogP contribution is -2.50. The fraction of sp³-hybridized carbons (Fsp3) is 1.00. The van der Waals surface area contributed by atoms with Gasteiger partial charge in [0.25, 0.3) is 0 Å². The van der Waals surface area contributed by atoms with Crippen LogP contribution in [0, 0.1) is 17.3 Å². The van der Waals surface area contributed by atoms with Crippen molar-refractivity contribution in [2.24, 2.45) is 17.3 Å². The van der Waals surface area contributed by atoms with E-state index in [2.05, 4.69) is 39.9 Å². The molecule has 2 rings (SSSR count). The van der Waals surface area contributed by atoms with E-state index in [9.17, 15) is 0 Å². The van der Waals surface area contributed by atoms with Crippen LogP contribution >= 0.6 is 0 Å². The molecule has 0 aromatic heterocycles. The van der Waals surface area contributed by atoms with Gasteiger partial charge in [-0.15, -0.1) is 0 Å². The van der Waals surface area contributed by atoms with E-state index in [4.69, 9.17) is 0 Å². The topological polar surface area (TPSA) is 12.0 Å². The van der Waals surface area contributed by atoms with Crippen molar-refractivity contribution in [2.75, 3.05) is 0 Å². The van der Waals surface area contributed by atoms with Crippen molar-refractivity contribution < 1.29 is 0 Å². The Morgan fingerprint density at radius 3 is 2.11 bits per heavy atom. The van der Waals surface area contributed by atoms with Gasteiger partial charge in [-0.1, -0.05) is 46.5 Å². The van der Waals surface area contributed by atoms with Gasteiger partial charge in [0.1, 0.15) is 0 Å². The van der Waals surface area contributed by atoms with Crippen LogP contribution in [0.15, 0.2) is 0 Å². The van der Waals surface area contributed by atoms with E-state index in [-0.39, 0.29) is 5.54 Å². The molecule has 2 saturated carbocycles. The summed E-state index contributed by atoms with van der Waals surface area (Å²) in [4.78, 5) is 0. The van der Waals surface area contributed by atoms with Crippen LogP contribution in [0.2, 0.25) is 0 Å². The molecule has 0 heterocycles. The fourth-order valence-electron chi connectivity index (χ4n) is 4.93. The van der Waals surface area contributed by atoms with Crippen molar-refractivity contribution in [3.8, 4) is 0 Å². The highest BCUT2D eigenvalue weighted by molar-refractivity contribution is 4.91. The van der Waals surface area contributed by atoms with Crippen LogP contribution in [0.3, 0.4) is 0 Å². The third-order valence-electron chi connectivity index (χ3n) is 5.11. The molecular formula is C18H35N. The van der Waals surface area contributed by atoms with E-state index in [1.54, 1.807) is 0 Å². The van der Waals surface area contributed by atoms with Gasteiger partial charge in [-0.05, 0) is 56.8 Å². The maximum Gasteiger partial charge on any atom is 0.0132 e. The van der Waals surface area contributed by atoms with Crippen molar-refractivity contribution in [1.82, 2.24) is 5.32 Å². The average Bonchev–Trinajstić information content (AvgIpc) is 2.24. The summed E-state index contributed by atoms with van der Waals surface area (Å²) in [6, 6.07) is 0.775. The molecule has 0 amide bonds. The molecule has 0 aromatic rings. The van der Waals surface area contributed by atoms with Crippen LogP contribution in [0.1, 0.15) is 86.0 Å². The van der Waals surface area contributed by atoms with Crippen molar-refractivity contribution in [2.45, 2.75) is 97.6 Å². The summed E-state index contributed by atoms with van der Waals surface area (Å²) in [5.74, 6) is 2.10. The molecule has 0 bridgehead atoms. The zero-order chi connectivity index (χ0) is 14.1. The zero-order valence-electron chi connectivity index (χ0n) is 13.9. The predicted molar refractivity (Wildman–Crippen MR) is 84.4 cm³/mol. The monoisotopic (exact) mass is 265 g/mol. The van der Waals surface area contributed by atoms with Gasteiger partial charge >= 0.3 is 0 Å². The van der Waals surface area contributed by atoms with Crippen LogP contribution < -0.4 is 5.32 Å². The van der Waals surface area contributed by atoms with Crippen molar-refractivity contribution in [3.63, 3.8) is 0 Å². The SMILES string of the molecule is CC(C)(C)CC(C)(C)NC1CCC2CCCCC2C1. The predicted octanol–water partition coefficient (Wildman–Crippen LogP) is 5.15. The van der Waals surface area contributed by atoms with Gasteiger partial charge in [0.2, 0.25) is 0 Å². The van der Waals surface area contributed by atoms with Gasteiger partial charge in [-0.25, -0.2) is 0 Å². The Labute approximate surface area is 120 Å². The van der Waals surface area contributed by atoms with E-state index < -0.39 is 0 Å². The molecule has 0 aliphatic heterocycles. The maximum absolute atomic E-state index is 3.98. The molecule has 2 aliphatic carbocycles. The van der Waals surface area contributed by atoms with Crippen LogP contribution in [0.25, 0.3) is 0 Å². The molecule has 0 spiro atoms. The molecule has 2 aliphatic rings. The summed E-state index contributed by atoms with van der Waals surface area (Å²) in [6.45, 7) is 11.9. The lowest BCUT2D eigenvalue weighted by molar-refractivity contribution is 0.119. The quantitative estimate of drug-likeness (QED) is 0.744. The molecule has 3 atom stereocenters. The fourth-order valence-corrected chi connectivity index (χ4v) is 4.93. The standard InChI is InChI=1S/C18H35N/c1-17(2,3)13-18(4,5)19-16-11-10-14-8-6-7-9-15(14)12-16/h14-16,19H,6-13H2,1-5H3. The van der Waals surface area contributed by atoms with Crippen molar-refractivity contribution in [1.29, 1.82) is 0 Å². The molecule has 1 nitrogen and oxygen atoms in total. The summed E-state index contributed by atoms with van der Waals surface area (Å²) in [6.07, 6.45) is 11.6. The molecule has 19 heavy (non-hydrogen) atoms. The second-order valence-corrected chi connectivity index (χ2v) is 9.08. The molecular weight excluding hydrogens is 230 g/mol. The van der Waals surface area contributed by atoms with E-state index in [0.717, 1.165) is 17.9 Å². The number of rotatable bonds is 3. The zero-order valence-corrected chi connectivity index (χ0v) is 13.9. The Hall–Kier alpha value is -0.0400. The maximum atomic E-state index is 3.98. The average molecular weight is 265 g/mol. The molecule has 2 fully saturated rings. The Morgan fingerprint density at radius 1 is 0.842 bits per heavy atom. The lowest BCUT2D eigenvalue weighted by atomic mass is 9.69. The Bertz CT molecular complexity index is 287. The first-order valence-corrected chi connectivity index (χ1v) is 8.53. The first-order chi connectivity index (χ1) is 8.75. The normalized spacial score (nSPS) is 33.0. The van der Waals surface area contributed by atoms with Gasteiger partial charge in [0.05, 0.1) is 0 Å². The largest absolute Gasteiger partial charge is 0.309 e. The minimum Gasteiger partial charge on any atom is -0.309 e. The highest BCUT2D eigenvalue weighted by atomic mass is 15.0. The third-order valence-corrected chi connectivity index (χ3v) is 5.11. The van der Waals surface area contributed by atoms with Gasteiger partial charge in [0.15, 0.2) is 0 Å². The highest BCUT2D eigenvalue weighted by Gasteiger charge is 2.35. The van der Waals surface area contributed by atoms with Gasteiger partial charge in [-0.2, -0.15) is 0 Å². The van der Waals surface area contributed by atoms with E-state index >= 15 is 0 Å². The Morgan fingerprint density at radius 2 is 1.47 bits per heavy atom. The van der Waals surface area contributed by atoms with Crippen molar-refractivity contribution >= 4 is 0 Å². The Kier molecular flexibility index (Phi) is 4.65. The van der Waals surface area contributed by atoms with Crippen molar-refractivity contribution in [3.05, 3.63) is 0 Å². The number of hydrogen-bond donors (Lipinski definition) is 1. The molecule has 112 valence electrons. The summed E-state index contributed by atoms with van der Waals surface area (Å²) in [5, 5.41) is 3.98. The molecule has 1 N–H and O–H groups in total. The molecule has 0 aromatic carbocycles. The smallest absolute Gasteiger partial charge is 0.0132 e. The minimum absolute atomic E-state index is 0.282. The van der Waals surface area contributed by atoms with E-state index in [1.807, 2.05) is 0 Å². The van der Waals surface area contributed by atoms with Crippen LogP contribution in [-0.2, 0) is 0 Å². The van der Waals surface area contributed by atoms with Crippen LogP contribution in [-0.4, -0.2) is 11.6 Å². The van der Waals surface area contributed by atoms with E-state index in [1.165, 1.54) is 51.4 Å². The molecule has 3 unspecified atom stereocenters. The van der Waals surface area contributed by atoms with Crippen LogP contribution in [0.5, 0.6) is 0 Å². The number of fused-ring (bicyclic) bond motifs is 1. The van der Waals surface area contributed by atoms with E-state index in [0.29, 0.717) is 5.41 Å². The van der Waals surface area contributed by atoms with Crippen LogP contribution in [0.4, 0.5) is 0 Å². The Balaban J connectivity index is 1.86. The number of nitrogens with one attached hydrogen (secondary N) is 1. The van der Waals surface area contributed by atoms with Gasteiger partial charge in [-0.3, -0.25) is 0 Å². The molecule has 1 heteroatoms. The first kappa shape index (κ1) is 15.4.